The molecule has 0 spiro atoms. The van der Waals surface area contributed by atoms with Crippen molar-refractivity contribution < 1.29 is 9.53 Å². The Balaban J connectivity index is 1.60. The SMILES string of the molecule is Nc1ccc2ccccc2c1-c1c(NC(=O)OCc2ccccc2)ccc2ccccc12. The monoisotopic (exact) mass is 418 g/mol. The fourth-order valence-corrected chi connectivity index (χ4v) is 4.08. The van der Waals surface area contributed by atoms with Crippen molar-refractivity contribution in [2.45, 2.75) is 6.61 Å². The van der Waals surface area contributed by atoms with Gasteiger partial charge in [0.1, 0.15) is 6.61 Å². The fraction of sp³-hybridized carbons (Fsp3) is 0.0357. The molecule has 1 amide bonds. The molecule has 4 nitrogen and oxygen atoms in total. The van der Waals surface area contributed by atoms with Gasteiger partial charge in [-0.15, -0.1) is 0 Å². The van der Waals surface area contributed by atoms with Gasteiger partial charge in [0.15, 0.2) is 0 Å². The van der Waals surface area contributed by atoms with Crippen LogP contribution < -0.4 is 11.1 Å². The predicted molar refractivity (Wildman–Crippen MR) is 132 cm³/mol. The Bertz CT molecular complexity index is 1430. The highest BCUT2D eigenvalue weighted by Crippen LogP contribution is 2.42. The van der Waals surface area contributed by atoms with Gasteiger partial charge in [0, 0.05) is 16.8 Å². The van der Waals surface area contributed by atoms with Crippen LogP contribution in [0, 0.1) is 0 Å². The van der Waals surface area contributed by atoms with Crippen molar-refractivity contribution >= 4 is 39.0 Å². The summed E-state index contributed by atoms with van der Waals surface area (Å²) in [6.07, 6.45) is -0.510. The van der Waals surface area contributed by atoms with Gasteiger partial charge in [0.25, 0.3) is 0 Å². The van der Waals surface area contributed by atoms with Crippen LogP contribution in [0.2, 0.25) is 0 Å². The number of rotatable bonds is 4. The van der Waals surface area contributed by atoms with Crippen molar-refractivity contribution in [3.8, 4) is 11.1 Å². The lowest BCUT2D eigenvalue weighted by Gasteiger charge is -2.18. The van der Waals surface area contributed by atoms with Crippen LogP contribution in [0.25, 0.3) is 32.7 Å². The van der Waals surface area contributed by atoms with Gasteiger partial charge in [0.05, 0.1) is 5.69 Å². The van der Waals surface area contributed by atoms with E-state index in [9.17, 15) is 4.79 Å². The molecule has 0 aliphatic rings. The Labute approximate surface area is 186 Å². The van der Waals surface area contributed by atoms with Crippen LogP contribution in [0.1, 0.15) is 5.56 Å². The average Bonchev–Trinajstić information content (AvgIpc) is 2.84. The van der Waals surface area contributed by atoms with Gasteiger partial charge in [-0.1, -0.05) is 91.0 Å². The predicted octanol–water partition coefficient (Wildman–Crippen LogP) is 6.99. The van der Waals surface area contributed by atoms with E-state index in [-0.39, 0.29) is 6.61 Å². The molecule has 5 aromatic carbocycles. The molecule has 156 valence electrons. The van der Waals surface area contributed by atoms with Gasteiger partial charge in [-0.2, -0.15) is 0 Å². The first kappa shape index (κ1) is 19.6. The maximum atomic E-state index is 12.7. The van der Waals surface area contributed by atoms with Crippen molar-refractivity contribution in [1.29, 1.82) is 0 Å². The first-order valence-electron chi connectivity index (χ1n) is 10.5. The number of ether oxygens (including phenoxy) is 1. The summed E-state index contributed by atoms with van der Waals surface area (Å²) < 4.78 is 5.47. The van der Waals surface area contributed by atoms with Crippen LogP contribution in [0.4, 0.5) is 16.2 Å². The molecule has 32 heavy (non-hydrogen) atoms. The number of hydrogen-bond acceptors (Lipinski definition) is 3. The number of nitrogen functional groups attached to an aromatic ring is 1. The van der Waals surface area contributed by atoms with E-state index in [1.54, 1.807) is 0 Å². The quantitative estimate of drug-likeness (QED) is 0.309. The highest BCUT2D eigenvalue weighted by atomic mass is 16.5. The Kier molecular flexibility index (Phi) is 5.18. The van der Waals surface area contributed by atoms with Crippen LogP contribution >= 0.6 is 0 Å². The first-order valence-corrected chi connectivity index (χ1v) is 10.5. The first-order chi connectivity index (χ1) is 15.7. The number of benzene rings is 5. The summed E-state index contributed by atoms with van der Waals surface area (Å²) in [6.45, 7) is 0.200. The number of hydrogen-bond donors (Lipinski definition) is 2. The zero-order valence-electron chi connectivity index (χ0n) is 17.4. The molecule has 0 saturated carbocycles. The van der Waals surface area contributed by atoms with Crippen molar-refractivity contribution in [3.05, 3.63) is 109 Å². The third-order valence-corrected chi connectivity index (χ3v) is 5.59. The second-order valence-corrected chi connectivity index (χ2v) is 7.65. The van der Waals surface area contributed by atoms with E-state index >= 15 is 0 Å². The Morgan fingerprint density at radius 1 is 0.688 bits per heavy atom. The number of carbonyl (C=O) groups is 1. The molecular formula is C28H22N2O2. The molecule has 0 radical (unpaired) electrons. The van der Waals surface area contributed by atoms with E-state index < -0.39 is 6.09 Å². The Morgan fingerprint density at radius 2 is 1.28 bits per heavy atom. The summed E-state index contributed by atoms with van der Waals surface area (Å²) >= 11 is 0. The molecule has 0 atom stereocenters. The lowest BCUT2D eigenvalue weighted by atomic mass is 9.91. The smallest absolute Gasteiger partial charge is 0.411 e. The van der Waals surface area contributed by atoms with Crippen LogP contribution in [0.5, 0.6) is 0 Å². The topological polar surface area (TPSA) is 64.3 Å². The van der Waals surface area contributed by atoms with Crippen molar-refractivity contribution in [3.63, 3.8) is 0 Å². The summed E-state index contributed by atoms with van der Waals surface area (Å²) in [6, 6.07) is 33.6. The van der Waals surface area contributed by atoms with Gasteiger partial charge >= 0.3 is 6.09 Å². The standard InChI is InChI=1S/C28H22N2O2/c29-24-16-14-20-10-4-6-12-22(20)26(24)27-23-13-7-5-11-21(23)15-17-25(27)30-28(31)32-18-19-8-2-1-3-9-19/h1-17H,18,29H2,(H,30,31). The molecule has 0 bridgehead atoms. The normalized spacial score (nSPS) is 10.9. The van der Waals surface area contributed by atoms with Gasteiger partial charge in [0.2, 0.25) is 0 Å². The van der Waals surface area contributed by atoms with Gasteiger partial charge in [-0.25, -0.2) is 4.79 Å². The number of carbonyl (C=O) groups excluding carboxylic acids is 1. The van der Waals surface area contributed by atoms with Gasteiger partial charge in [-0.05, 0) is 39.2 Å². The largest absolute Gasteiger partial charge is 0.444 e. The molecule has 0 aromatic heterocycles. The van der Waals surface area contributed by atoms with E-state index in [1.165, 1.54) is 0 Å². The molecule has 5 aromatic rings. The fourth-order valence-electron chi connectivity index (χ4n) is 4.08. The summed E-state index contributed by atoms with van der Waals surface area (Å²) in [5.74, 6) is 0. The van der Waals surface area contributed by atoms with E-state index in [2.05, 4.69) is 23.5 Å². The second-order valence-electron chi connectivity index (χ2n) is 7.65. The molecule has 4 heteroatoms. The lowest BCUT2D eigenvalue weighted by Crippen LogP contribution is -2.14. The maximum absolute atomic E-state index is 12.7. The Morgan fingerprint density at radius 3 is 2.00 bits per heavy atom. The molecule has 5 rings (SSSR count). The van der Waals surface area contributed by atoms with Crippen molar-refractivity contribution in [2.24, 2.45) is 0 Å². The zero-order valence-corrected chi connectivity index (χ0v) is 17.4. The molecular weight excluding hydrogens is 396 g/mol. The van der Waals surface area contributed by atoms with Crippen LogP contribution in [-0.4, -0.2) is 6.09 Å². The zero-order chi connectivity index (χ0) is 21.9. The molecule has 3 N–H and O–H groups in total. The minimum absolute atomic E-state index is 0.200. The average molecular weight is 418 g/mol. The molecule has 0 heterocycles. The van der Waals surface area contributed by atoms with Crippen molar-refractivity contribution in [1.82, 2.24) is 0 Å². The molecule has 0 fully saturated rings. The maximum Gasteiger partial charge on any atom is 0.411 e. The molecule has 0 saturated heterocycles. The Hall–Kier alpha value is -4.31. The number of fused-ring (bicyclic) bond motifs is 2. The van der Waals surface area contributed by atoms with E-state index in [0.29, 0.717) is 11.4 Å². The summed E-state index contributed by atoms with van der Waals surface area (Å²) in [5, 5.41) is 7.14. The number of nitrogens with one attached hydrogen (secondary N) is 1. The van der Waals surface area contributed by atoms with E-state index in [0.717, 1.165) is 38.2 Å². The third-order valence-electron chi connectivity index (χ3n) is 5.59. The molecule has 0 aliphatic heterocycles. The van der Waals surface area contributed by atoms with E-state index in [1.807, 2.05) is 84.9 Å². The second kappa shape index (κ2) is 8.44. The number of amides is 1. The lowest BCUT2D eigenvalue weighted by molar-refractivity contribution is 0.155. The minimum Gasteiger partial charge on any atom is -0.444 e. The number of nitrogens with two attached hydrogens (primary N) is 1. The minimum atomic E-state index is -0.510. The molecule has 0 aliphatic carbocycles. The summed E-state index contributed by atoms with van der Waals surface area (Å²) in [5.41, 5.74) is 10.5. The number of anilines is 2. The highest BCUT2D eigenvalue weighted by molar-refractivity contribution is 6.14. The van der Waals surface area contributed by atoms with Gasteiger partial charge < -0.3 is 10.5 Å². The van der Waals surface area contributed by atoms with Crippen LogP contribution in [0.15, 0.2) is 103 Å². The third kappa shape index (κ3) is 3.74. The van der Waals surface area contributed by atoms with Crippen molar-refractivity contribution in [2.75, 3.05) is 11.1 Å². The summed E-state index contributed by atoms with van der Waals surface area (Å²) in [7, 11) is 0. The van der Waals surface area contributed by atoms with Crippen LogP contribution in [0.3, 0.4) is 0 Å². The summed E-state index contributed by atoms with van der Waals surface area (Å²) in [4.78, 5) is 12.7. The van der Waals surface area contributed by atoms with E-state index in [4.69, 9.17) is 10.5 Å². The van der Waals surface area contributed by atoms with Crippen LogP contribution in [-0.2, 0) is 11.3 Å². The molecule has 0 unspecified atom stereocenters. The highest BCUT2D eigenvalue weighted by Gasteiger charge is 2.17. The van der Waals surface area contributed by atoms with Gasteiger partial charge in [-0.3, -0.25) is 5.32 Å².